The van der Waals surface area contributed by atoms with Gasteiger partial charge in [-0.1, -0.05) is 0 Å². The van der Waals surface area contributed by atoms with Gasteiger partial charge in [0.1, 0.15) is 5.82 Å². The van der Waals surface area contributed by atoms with Crippen LogP contribution in [0.2, 0.25) is 0 Å². The Morgan fingerprint density at radius 2 is 2.12 bits per heavy atom. The van der Waals surface area contributed by atoms with Crippen LogP contribution in [0.5, 0.6) is 0 Å². The maximum absolute atomic E-state index is 11.5. The molecule has 0 spiro atoms. The molecule has 0 unspecified atom stereocenters. The molecular weight excluding hydrogens is 208 g/mol. The number of pyridine rings is 1. The Morgan fingerprint density at radius 3 is 2.69 bits per heavy atom. The van der Waals surface area contributed by atoms with Crippen molar-refractivity contribution in [3.8, 4) is 0 Å². The Labute approximate surface area is 92.5 Å². The van der Waals surface area contributed by atoms with E-state index in [9.17, 15) is 9.59 Å². The third-order valence-corrected chi connectivity index (χ3v) is 2.39. The lowest BCUT2D eigenvalue weighted by molar-refractivity contribution is -0.117. The monoisotopic (exact) mass is 220 g/mol. The summed E-state index contributed by atoms with van der Waals surface area (Å²) < 4.78 is 0. The summed E-state index contributed by atoms with van der Waals surface area (Å²) in [6, 6.07) is 3.13. The van der Waals surface area contributed by atoms with E-state index in [1.54, 1.807) is 13.0 Å². The van der Waals surface area contributed by atoms with Crippen LogP contribution in [-0.4, -0.2) is 22.0 Å². The van der Waals surface area contributed by atoms with Gasteiger partial charge in [-0.05, 0) is 37.5 Å². The van der Waals surface area contributed by atoms with Crippen LogP contribution in [0.15, 0.2) is 12.1 Å². The lowest BCUT2D eigenvalue weighted by Gasteiger charge is -2.05. The van der Waals surface area contributed by atoms with Crippen molar-refractivity contribution in [2.24, 2.45) is 5.92 Å². The fourth-order valence-corrected chi connectivity index (χ4v) is 1.41. The molecule has 84 valence electrons. The first-order chi connectivity index (χ1) is 7.56. The molecule has 1 heterocycles. The van der Waals surface area contributed by atoms with Crippen LogP contribution >= 0.6 is 0 Å². The summed E-state index contributed by atoms with van der Waals surface area (Å²) >= 11 is 0. The highest BCUT2D eigenvalue weighted by Crippen LogP contribution is 2.30. The zero-order valence-corrected chi connectivity index (χ0v) is 8.86. The molecule has 1 aromatic rings. The Kier molecular flexibility index (Phi) is 2.60. The minimum absolute atomic E-state index is 0.0499. The van der Waals surface area contributed by atoms with Crippen molar-refractivity contribution in [1.29, 1.82) is 0 Å². The average molecular weight is 220 g/mol. The van der Waals surface area contributed by atoms with Crippen molar-refractivity contribution in [3.63, 3.8) is 0 Å². The number of hydrogen-bond acceptors (Lipinski definition) is 3. The summed E-state index contributed by atoms with van der Waals surface area (Å²) in [5.74, 6) is -0.773. The zero-order chi connectivity index (χ0) is 11.7. The summed E-state index contributed by atoms with van der Waals surface area (Å²) in [6.45, 7) is 1.76. The third kappa shape index (κ3) is 2.36. The first-order valence-electron chi connectivity index (χ1n) is 5.09. The van der Waals surface area contributed by atoms with Gasteiger partial charge in [0.25, 0.3) is 0 Å². The molecule has 0 saturated heterocycles. The van der Waals surface area contributed by atoms with Gasteiger partial charge >= 0.3 is 5.97 Å². The van der Waals surface area contributed by atoms with E-state index >= 15 is 0 Å². The number of rotatable bonds is 3. The molecule has 5 heteroatoms. The van der Waals surface area contributed by atoms with Crippen molar-refractivity contribution >= 4 is 17.7 Å². The normalized spacial score (nSPS) is 14.6. The number of nitrogens with zero attached hydrogens (tertiary/aromatic N) is 1. The predicted molar refractivity (Wildman–Crippen MR) is 57.3 cm³/mol. The van der Waals surface area contributed by atoms with Crippen LogP contribution in [-0.2, 0) is 4.79 Å². The van der Waals surface area contributed by atoms with E-state index in [-0.39, 0.29) is 17.5 Å². The predicted octanol–water partition coefficient (Wildman–Crippen LogP) is 1.44. The number of carbonyl (C=O) groups excluding carboxylic acids is 1. The lowest BCUT2D eigenvalue weighted by atomic mass is 10.2. The fraction of sp³-hybridized carbons (Fsp3) is 0.364. The molecule has 2 rings (SSSR count). The van der Waals surface area contributed by atoms with Crippen LogP contribution < -0.4 is 5.32 Å². The van der Waals surface area contributed by atoms with Crippen LogP contribution in [0.25, 0.3) is 0 Å². The largest absolute Gasteiger partial charge is 0.477 e. The number of nitrogens with one attached hydrogen (secondary N) is 1. The topological polar surface area (TPSA) is 79.3 Å². The van der Waals surface area contributed by atoms with Crippen LogP contribution in [0.1, 0.15) is 28.9 Å². The molecule has 0 bridgehead atoms. The number of aromatic nitrogens is 1. The van der Waals surface area contributed by atoms with Crippen molar-refractivity contribution in [1.82, 2.24) is 4.98 Å². The summed E-state index contributed by atoms with van der Waals surface area (Å²) in [5, 5.41) is 11.4. The SMILES string of the molecule is Cc1cc(NC(=O)C2CC2)nc(C(=O)O)c1. The third-order valence-electron chi connectivity index (χ3n) is 2.39. The van der Waals surface area contributed by atoms with Crippen LogP contribution in [0.4, 0.5) is 5.82 Å². The van der Waals surface area contributed by atoms with Gasteiger partial charge in [-0.15, -0.1) is 0 Å². The maximum Gasteiger partial charge on any atom is 0.354 e. The maximum atomic E-state index is 11.5. The van der Waals surface area contributed by atoms with Crippen LogP contribution in [0, 0.1) is 12.8 Å². The number of amides is 1. The molecule has 1 saturated carbocycles. The molecule has 1 aromatic heterocycles. The smallest absolute Gasteiger partial charge is 0.354 e. The van der Waals surface area contributed by atoms with Crippen LogP contribution in [0.3, 0.4) is 0 Å². The second kappa shape index (κ2) is 3.92. The lowest BCUT2D eigenvalue weighted by Crippen LogP contribution is -2.15. The van der Waals surface area contributed by atoms with E-state index in [0.29, 0.717) is 5.82 Å². The number of aryl methyl sites for hydroxylation is 1. The Morgan fingerprint density at radius 1 is 1.44 bits per heavy atom. The van der Waals surface area contributed by atoms with E-state index in [1.165, 1.54) is 6.07 Å². The number of carboxylic acids is 1. The van der Waals surface area contributed by atoms with Gasteiger partial charge < -0.3 is 10.4 Å². The molecular formula is C11H12N2O3. The number of aromatic carboxylic acids is 1. The Hall–Kier alpha value is -1.91. The molecule has 16 heavy (non-hydrogen) atoms. The molecule has 1 aliphatic rings. The number of carboxylic acid groups (broad SMARTS) is 1. The zero-order valence-electron chi connectivity index (χ0n) is 8.86. The molecule has 1 fully saturated rings. The standard InChI is InChI=1S/C11H12N2O3/c1-6-4-8(11(15)16)12-9(5-6)13-10(14)7-2-3-7/h4-5,7H,2-3H2,1H3,(H,15,16)(H,12,13,14). The van der Waals surface area contributed by atoms with Gasteiger partial charge in [0.05, 0.1) is 0 Å². The summed E-state index contributed by atoms with van der Waals surface area (Å²) in [5.41, 5.74) is 0.713. The highest BCUT2D eigenvalue weighted by Gasteiger charge is 2.29. The molecule has 0 aromatic carbocycles. The molecule has 5 nitrogen and oxygen atoms in total. The van der Waals surface area contributed by atoms with Crippen molar-refractivity contribution in [2.45, 2.75) is 19.8 Å². The Bertz CT molecular complexity index is 453. The van der Waals surface area contributed by atoms with Gasteiger partial charge in [0.15, 0.2) is 5.69 Å². The van der Waals surface area contributed by atoms with E-state index in [0.717, 1.165) is 18.4 Å². The first-order valence-corrected chi connectivity index (χ1v) is 5.09. The van der Waals surface area contributed by atoms with Crippen molar-refractivity contribution < 1.29 is 14.7 Å². The molecule has 0 atom stereocenters. The molecule has 2 N–H and O–H groups in total. The van der Waals surface area contributed by atoms with E-state index < -0.39 is 5.97 Å². The highest BCUT2D eigenvalue weighted by molar-refractivity contribution is 5.94. The summed E-state index contributed by atoms with van der Waals surface area (Å²) in [4.78, 5) is 26.1. The van der Waals surface area contributed by atoms with Gasteiger partial charge in [0, 0.05) is 5.92 Å². The molecule has 0 radical (unpaired) electrons. The second-order valence-corrected chi connectivity index (χ2v) is 3.98. The van der Waals surface area contributed by atoms with Crippen molar-refractivity contribution in [2.75, 3.05) is 5.32 Å². The number of anilines is 1. The van der Waals surface area contributed by atoms with E-state index in [1.807, 2.05) is 0 Å². The first kappa shape index (κ1) is 10.6. The average Bonchev–Trinajstić information content (AvgIpc) is 2.99. The van der Waals surface area contributed by atoms with Gasteiger partial charge in [0.2, 0.25) is 5.91 Å². The number of hydrogen-bond donors (Lipinski definition) is 2. The summed E-state index contributed by atoms with van der Waals surface area (Å²) in [6.07, 6.45) is 1.81. The second-order valence-electron chi connectivity index (χ2n) is 3.98. The van der Waals surface area contributed by atoms with Gasteiger partial charge in [-0.25, -0.2) is 9.78 Å². The Balaban J connectivity index is 2.19. The molecule has 1 amide bonds. The number of carbonyl (C=O) groups is 2. The van der Waals surface area contributed by atoms with E-state index in [4.69, 9.17) is 5.11 Å². The summed E-state index contributed by atoms with van der Waals surface area (Å²) in [7, 11) is 0. The van der Waals surface area contributed by atoms with Gasteiger partial charge in [-0.3, -0.25) is 4.79 Å². The van der Waals surface area contributed by atoms with Crippen molar-refractivity contribution in [3.05, 3.63) is 23.4 Å². The minimum Gasteiger partial charge on any atom is -0.477 e. The van der Waals surface area contributed by atoms with Gasteiger partial charge in [-0.2, -0.15) is 0 Å². The molecule has 0 aliphatic heterocycles. The minimum atomic E-state index is -1.09. The molecule has 1 aliphatic carbocycles. The van der Waals surface area contributed by atoms with E-state index in [2.05, 4.69) is 10.3 Å². The fourth-order valence-electron chi connectivity index (χ4n) is 1.41. The quantitative estimate of drug-likeness (QED) is 0.807. The highest BCUT2D eigenvalue weighted by atomic mass is 16.4.